The van der Waals surface area contributed by atoms with Crippen LogP contribution in [-0.4, -0.2) is 25.8 Å². The maximum Gasteiger partial charge on any atom is 0.258 e. The molecule has 20 heavy (non-hydrogen) atoms. The molecule has 2 rings (SSSR count). The van der Waals surface area contributed by atoms with E-state index in [0.717, 1.165) is 0 Å². The topological polar surface area (TPSA) is 46.6 Å². The summed E-state index contributed by atoms with van der Waals surface area (Å²) < 4.78 is 5.06. The summed E-state index contributed by atoms with van der Waals surface area (Å²) in [6.07, 6.45) is 0.717. The minimum atomic E-state index is -0.217. The second-order valence-corrected chi connectivity index (χ2v) is 4.15. The average molecular weight is 269 g/mol. The van der Waals surface area contributed by atoms with E-state index in [0.29, 0.717) is 23.3 Å². The molecule has 0 saturated carbocycles. The number of anilines is 1. The number of para-hydroxylation sites is 1. The van der Waals surface area contributed by atoms with Crippen molar-refractivity contribution in [3.63, 3.8) is 0 Å². The zero-order valence-electron chi connectivity index (χ0n) is 11.2. The van der Waals surface area contributed by atoms with Crippen LogP contribution in [0.15, 0.2) is 54.6 Å². The van der Waals surface area contributed by atoms with Crippen molar-refractivity contribution in [2.45, 2.75) is 0 Å². The smallest absolute Gasteiger partial charge is 0.258 e. The number of aldehydes is 1. The molecule has 4 heteroatoms. The lowest BCUT2D eigenvalue weighted by atomic mass is 10.1. The maximum absolute atomic E-state index is 12.5. The Morgan fingerprint density at radius 3 is 2.30 bits per heavy atom. The quantitative estimate of drug-likeness (QED) is 0.784. The first-order chi connectivity index (χ1) is 9.76. The van der Waals surface area contributed by atoms with Crippen molar-refractivity contribution >= 4 is 17.9 Å². The molecule has 102 valence electrons. The van der Waals surface area contributed by atoms with E-state index < -0.39 is 0 Å². The van der Waals surface area contributed by atoms with Gasteiger partial charge >= 0.3 is 0 Å². The molecule has 0 fully saturated rings. The van der Waals surface area contributed by atoms with Gasteiger partial charge in [-0.3, -0.25) is 4.79 Å². The second kappa shape index (κ2) is 6.52. The van der Waals surface area contributed by atoms with Crippen molar-refractivity contribution in [2.24, 2.45) is 0 Å². The molecule has 0 bridgehead atoms. The molecule has 4 nitrogen and oxygen atoms in total. The van der Waals surface area contributed by atoms with Gasteiger partial charge in [-0.2, -0.15) is 0 Å². The third-order valence-corrected chi connectivity index (χ3v) is 2.91. The van der Waals surface area contributed by atoms with Gasteiger partial charge in [-0.25, -0.2) is 0 Å². The Balaban J connectivity index is 2.28. The Kier molecular flexibility index (Phi) is 4.50. The normalized spacial score (nSPS) is 9.85. The first kappa shape index (κ1) is 13.8. The van der Waals surface area contributed by atoms with E-state index in [2.05, 4.69) is 0 Å². The summed E-state index contributed by atoms with van der Waals surface area (Å²) in [6, 6.07) is 15.9. The lowest BCUT2D eigenvalue weighted by Gasteiger charge is -2.20. The van der Waals surface area contributed by atoms with Crippen molar-refractivity contribution < 1.29 is 14.3 Å². The number of carbonyl (C=O) groups excluding carboxylic acids is 2. The molecule has 0 aliphatic carbocycles. The average Bonchev–Trinajstić information content (AvgIpc) is 2.53. The van der Waals surface area contributed by atoms with Crippen LogP contribution in [0, 0.1) is 0 Å². The molecule has 1 amide bonds. The van der Waals surface area contributed by atoms with Crippen molar-refractivity contribution in [2.75, 3.05) is 18.6 Å². The number of carbonyl (C=O) groups is 2. The number of ether oxygens (including phenoxy) is 1. The van der Waals surface area contributed by atoms with Gasteiger partial charge in [0.1, 0.15) is 12.0 Å². The van der Waals surface area contributed by atoms with E-state index in [1.807, 2.05) is 18.2 Å². The van der Waals surface area contributed by atoms with Crippen LogP contribution in [0.5, 0.6) is 5.75 Å². The first-order valence-electron chi connectivity index (χ1n) is 6.21. The number of rotatable bonds is 5. The Morgan fingerprint density at radius 1 is 1.10 bits per heavy atom. The summed E-state index contributed by atoms with van der Waals surface area (Å²) in [5, 5.41) is 0. The summed E-state index contributed by atoms with van der Waals surface area (Å²) in [5.74, 6) is 0.467. The zero-order valence-corrected chi connectivity index (χ0v) is 11.2. The summed E-state index contributed by atoms with van der Waals surface area (Å²) in [7, 11) is 1.57. The molecule has 0 saturated heterocycles. The lowest BCUT2D eigenvalue weighted by molar-refractivity contribution is -0.106. The van der Waals surface area contributed by atoms with Crippen LogP contribution < -0.4 is 9.64 Å². The molecule has 2 aromatic rings. The van der Waals surface area contributed by atoms with Crippen molar-refractivity contribution in [1.29, 1.82) is 0 Å². The van der Waals surface area contributed by atoms with Crippen LogP contribution >= 0.6 is 0 Å². The maximum atomic E-state index is 12.5. The molecule has 0 aliphatic heterocycles. The van der Waals surface area contributed by atoms with Gasteiger partial charge in [0.05, 0.1) is 13.7 Å². The van der Waals surface area contributed by atoms with E-state index in [4.69, 9.17) is 4.74 Å². The van der Waals surface area contributed by atoms with Crippen molar-refractivity contribution in [1.82, 2.24) is 0 Å². The minimum absolute atomic E-state index is 0.0227. The number of hydrogen-bond donors (Lipinski definition) is 0. The number of nitrogens with zero attached hydrogens (tertiary/aromatic N) is 1. The van der Waals surface area contributed by atoms with E-state index in [-0.39, 0.29) is 12.5 Å². The highest BCUT2D eigenvalue weighted by molar-refractivity contribution is 6.07. The number of hydrogen-bond acceptors (Lipinski definition) is 3. The predicted molar refractivity (Wildman–Crippen MR) is 77.2 cm³/mol. The van der Waals surface area contributed by atoms with E-state index in [1.54, 1.807) is 43.5 Å². The molecule has 0 N–H and O–H groups in total. The minimum Gasteiger partial charge on any atom is -0.497 e. The summed E-state index contributed by atoms with van der Waals surface area (Å²) in [6.45, 7) is 0.0227. The molecule has 0 unspecified atom stereocenters. The number of benzene rings is 2. The summed E-state index contributed by atoms with van der Waals surface area (Å²) in [5.41, 5.74) is 1.21. The third-order valence-electron chi connectivity index (χ3n) is 2.91. The molecule has 0 heterocycles. The molecular formula is C16H15NO3. The van der Waals surface area contributed by atoms with Crippen molar-refractivity contribution in [3.05, 3.63) is 60.2 Å². The van der Waals surface area contributed by atoms with Gasteiger partial charge in [-0.1, -0.05) is 18.2 Å². The number of amides is 1. The highest BCUT2D eigenvalue weighted by Crippen LogP contribution is 2.18. The van der Waals surface area contributed by atoms with Crippen LogP contribution in [0.25, 0.3) is 0 Å². The van der Waals surface area contributed by atoms with Crippen LogP contribution in [0.4, 0.5) is 5.69 Å². The molecule has 0 radical (unpaired) electrons. The highest BCUT2D eigenvalue weighted by atomic mass is 16.5. The largest absolute Gasteiger partial charge is 0.497 e. The molecule has 0 atom stereocenters. The fraction of sp³-hybridized carbons (Fsp3) is 0.125. The van der Waals surface area contributed by atoms with Gasteiger partial charge in [0, 0.05) is 11.3 Å². The summed E-state index contributed by atoms with van der Waals surface area (Å²) in [4.78, 5) is 24.7. The van der Waals surface area contributed by atoms with Gasteiger partial charge in [-0.15, -0.1) is 0 Å². The molecule has 0 aliphatic rings. The van der Waals surface area contributed by atoms with Gasteiger partial charge in [0.25, 0.3) is 5.91 Å². The Labute approximate surface area is 117 Å². The second-order valence-electron chi connectivity index (χ2n) is 4.15. The van der Waals surface area contributed by atoms with Gasteiger partial charge < -0.3 is 14.4 Å². The van der Waals surface area contributed by atoms with E-state index in [1.165, 1.54) is 4.90 Å². The molecule has 2 aromatic carbocycles. The zero-order chi connectivity index (χ0) is 14.4. The van der Waals surface area contributed by atoms with E-state index in [9.17, 15) is 9.59 Å². The van der Waals surface area contributed by atoms with Crippen LogP contribution in [-0.2, 0) is 4.79 Å². The van der Waals surface area contributed by atoms with Crippen molar-refractivity contribution in [3.8, 4) is 5.75 Å². The van der Waals surface area contributed by atoms with Crippen LogP contribution in [0.2, 0.25) is 0 Å². The van der Waals surface area contributed by atoms with Gasteiger partial charge in [0.15, 0.2) is 0 Å². The number of methoxy groups -OCH3 is 1. The fourth-order valence-electron chi connectivity index (χ4n) is 1.88. The van der Waals surface area contributed by atoms with Gasteiger partial charge in [-0.05, 0) is 36.4 Å². The Morgan fingerprint density at radius 2 is 1.75 bits per heavy atom. The molecule has 0 spiro atoms. The van der Waals surface area contributed by atoms with Crippen LogP contribution in [0.3, 0.4) is 0 Å². The molecule has 0 aromatic heterocycles. The highest BCUT2D eigenvalue weighted by Gasteiger charge is 2.16. The Bertz CT molecular complexity index is 578. The third kappa shape index (κ3) is 3.03. The monoisotopic (exact) mass is 269 g/mol. The first-order valence-corrected chi connectivity index (χ1v) is 6.21. The van der Waals surface area contributed by atoms with E-state index >= 15 is 0 Å². The fourth-order valence-corrected chi connectivity index (χ4v) is 1.88. The van der Waals surface area contributed by atoms with Crippen LogP contribution in [0.1, 0.15) is 10.4 Å². The SMILES string of the molecule is COc1ccc(C(=O)N(CC=O)c2ccccc2)cc1. The predicted octanol–water partition coefficient (Wildman–Crippen LogP) is 2.54. The van der Waals surface area contributed by atoms with Gasteiger partial charge in [0.2, 0.25) is 0 Å². The summed E-state index contributed by atoms with van der Waals surface area (Å²) >= 11 is 0. The Hall–Kier alpha value is -2.62. The molecular weight excluding hydrogens is 254 g/mol. The lowest BCUT2D eigenvalue weighted by Crippen LogP contribution is -2.32. The standard InChI is InChI=1S/C16H15NO3/c1-20-15-9-7-13(8-10-15)16(19)17(11-12-18)14-5-3-2-4-6-14/h2-10,12H,11H2,1H3.